The Morgan fingerprint density at radius 1 is 1.10 bits per heavy atom. The molecule has 0 unspecified atom stereocenters. The number of nitrogens with one attached hydrogen (secondary N) is 1. The van der Waals surface area contributed by atoms with Crippen molar-refractivity contribution < 1.29 is 22.7 Å². The molecule has 0 saturated heterocycles. The molecular weight excluding hydrogens is 440 g/mol. The van der Waals surface area contributed by atoms with E-state index in [-0.39, 0.29) is 21.4 Å². The van der Waals surface area contributed by atoms with Gasteiger partial charge in [0.25, 0.3) is 10.0 Å². The molecule has 0 aromatic heterocycles. The topological polar surface area (TPSA) is 84.9 Å². The second-order valence-corrected chi connectivity index (χ2v) is 9.76. The van der Waals surface area contributed by atoms with Crippen molar-refractivity contribution in [1.82, 2.24) is 5.32 Å². The second-order valence-electron chi connectivity index (χ2n) is 7.52. The minimum atomic E-state index is -4.14. The summed E-state index contributed by atoms with van der Waals surface area (Å²) < 4.78 is 38.7. The molecular formula is C22H29ClN2O5S. The van der Waals surface area contributed by atoms with Crippen molar-refractivity contribution in [3.63, 3.8) is 0 Å². The third kappa shape index (κ3) is 6.27. The highest BCUT2D eigenvalue weighted by molar-refractivity contribution is 7.93. The number of methoxy groups -OCH3 is 2. The van der Waals surface area contributed by atoms with Gasteiger partial charge < -0.3 is 14.8 Å². The lowest BCUT2D eigenvalue weighted by atomic mass is 10.1. The van der Waals surface area contributed by atoms with Crippen LogP contribution in [0, 0.1) is 12.8 Å². The summed E-state index contributed by atoms with van der Waals surface area (Å²) in [5.74, 6) is 0.590. The highest BCUT2D eigenvalue weighted by atomic mass is 35.5. The lowest BCUT2D eigenvalue weighted by molar-refractivity contribution is -0.119. The molecule has 0 spiro atoms. The Labute approximate surface area is 189 Å². The summed E-state index contributed by atoms with van der Waals surface area (Å²) in [6, 6.07) is 9.43. The number of hydrogen-bond acceptors (Lipinski definition) is 5. The van der Waals surface area contributed by atoms with Crippen LogP contribution < -0.4 is 19.1 Å². The van der Waals surface area contributed by atoms with E-state index in [4.69, 9.17) is 21.1 Å². The van der Waals surface area contributed by atoms with Crippen molar-refractivity contribution in [3.05, 3.63) is 47.0 Å². The van der Waals surface area contributed by atoms with Crippen LogP contribution in [0.3, 0.4) is 0 Å². The van der Waals surface area contributed by atoms with E-state index in [0.717, 1.165) is 16.3 Å². The number of amides is 1. The van der Waals surface area contributed by atoms with E-state index in [9.17, 15) is 13.2 Å². The third-order valence-electron chi connectivity index (χ3n) is 4.64. The number of anilines is 1. The van der Waals surface area contributed by atoms with Crippen molar-refractivity contribution in [2.45, 2.75) is 32.1 Å². The van der Waals surface area contributed by atoms with E-state index in [1.54, 1.807) is 31.2 Å². The Morgan fingerprint density at radius 3 is 2.32 bits per heavy atom. The molecule has 2 rings (SSSR count). The molecule has 170 valence electrons. The zero-order valence-electron chi connectivity index (χ0n) is 18.4. The first kappa shape index (κ1) is 24.8. The molecule has 0 atom stereocenters. The minimum absolute atomic E-state index is 0.0306. The molecule has 9 heteroatoms. The van der Waals surface area contributed by atoms with Gasteiger partial charge in [-0.25, -0.2) is 8.42 Å². The van der Waals surface area contributed by atoms with Crippen LogP contribution in [0.25, 0.3) is 0 Å². The summed E-state index contributed by atoms with van der Waals surface area (Å²) in [7, 11) is -1.28. The third-order valence-corrected chi connectivity index (χ3v) is 6.73. The van der Waals surface area contributed by atoms with Gasteiger partial charge in [-0.05, 0) is 55.2 Å². The molecule has 2 aromatic carbocycles. The fourth-order valence-electron chi connectivity index (χ4n) is 2.92. The number of ether oxygens (including phenoxy) is 2. The largest absolute Gasteiger partial charge is 0.495 e. The van der Waals surface area contributed by atoms with E-state index in [0.29, 0.717) is 18.2 Å². The summed E-state index contributed by atoms with van der Waals surface area (Å²) in [6.07, 6.45) is 0.790. The van der Waals surface area contributed by atoms with Crippen molar-refractivity contribution in [2.75, 3.05) is 31.6 Å². The van der Waals surface area contributed by atoms with Gasteiger partial charge in [0.15, 0.2) is 0 Å². The average Bonchev–Trinajstić information content (AvgIpc) is 2.71. The molecule has 0 aliphatic rings. The van der Waals surface area contributed by atoms with Gasteiger partial charge in [0.05, 0.1) is 24.9 Å². The van der Waals surface area contributed by atoms with Crippen molar-refractivity contribution in [1.29, 1.82) is 0 Å². The van der Waals surface area contributed by atoms with Crippen molar-refractivity contribution >= 4 is 33.2 Å². The molecule has 0 aliphatic heterocycles. The number of rotatable bonds is 10. The van der Waals surface area contributed by atoms with Gasteiger partial charge >= 0.3 is 0 Å². The Balaban J connectivity index is 2.50. The van der Waals surface area contributed by atoms with Crippen LogP contribution in [0.2, 0.25) is 5.02 Å². The number of carbonyl (C=O) groups is 1. The van der Waals surface area contributed by atoms with Crippen LogP contribution in [0.15, 0.2) is 41.3 Å². The molecule has 31 heavy (non-hydrogen) atoms. The highest BCUT2D eigenvalue weighted by Crippen LogP contribution is 2.34. The van der Waals surface area contributed by atoms with E-state index < -0.39 is 22.5 Å². The van der Waals surface area contributed by atoms with Crippen LogP contribution in [0.1, 0.15) is 25.8 Å². The predicted molar refractivity (Wildman–Crippen MR) is 123 cm³/mol. The standard InChI is InChI=1S/C22H29ClN2O5S/c1-15(2)10-11-24-22(26)14-25(17-7-9-19(29-4)18(23)13-17)31(27,28)21-12-16(3)6-8-20(21)30-5/h6-9,12-13,15H,10-11,14H2,1-5H3,(H,24,26). The monoisotopic (exact) mass is 468 g/mol. The number of halogens is 1. The Hall–Kier alpha value is -2.45. The van der Waals surface area contributed by atoms with Gasteiger partial charge in [-0.2, -0.15) is 0 Å². The van der Waals surface area contributed by atoms with Gasteiger partial charge in [0.1, 0.15) is 22.9 Å². The highest BCUT2D eigenvalue weighted by Gasteiger charge is 2.30. The number of hydrogen-bond donors (Lipinski definition) is 1. The zero-order valence-corrected chi connectivity index (χ0v) is 20.0. The summed E-state index contributed by atoms with van der Waals surface area (Å²) in [6.45, 7) is 5.94. The molecule has 0 radical (unpaired) electrons. The zero-order chi connectivity index (χ0) is 23.2. The van der Waals surface area contributed by atoms with Crippen LogP contribution in [0.4, 0.5) is 5.69 Å². The van der Waals surface area contributed by atoms with Gasteiger partial charge in [0, 0.05) is 6.54 Å². The molecule has 1 N–H and O–H groups in total. The van der Waals surface area contributed by atoms with Gasteiger partial charge in [-0.15, -0.1) is 0 Å². The number of carbonyl (C=O) groups excluding carboxylic acids is 1. The molecule has 0 saturated carbocycles. The maximum Gasteiger partial charge on any atom is 0.268 e. The van der Waals surface area contributed by atoms with Gasteiger partial charge in [0.2, 0.25) is 5.91 Å². The first-order valence-electron chi connectivity index (χ1n) is 9.87. The maximum atomic E-state index is 13.6. The smallest absolute Gasteiger partial charge is 0.268 e. The number of nitrogens with zero attached hydrogens (tertiary/aromatic N) is 1. The molecule has 0 fully saturated rings. The van der Waals surface area contributed by atoms with E-state index >= 15 is 0 Å². The summed E-state index contributed by atoms with van der Waals surface area (Å²) in [4.78, 5) is 12.6. The Bertz CT molecular complexity index is 1020. The van der Waals surface area contributed by atoms with Gasteiger partial charge in [-0.1, -0.05) is 31.5 Å². The summed E-state index contributed by atoms with van der Waals surface area (Å²) >= 11 is 6.24. The van der Waals surface area contributed by atoms with E-state index in [2.05, 4.69) is 5.32 Å². The molecule has 0 aliphatic carbocycles. The summed E-state index contributed by atoms with van der Waals surface area (Å²) in [5.41, 5.74) is 0.988. The normalized spacial score (nSPS) is 11.3. The number of benzene rings is 2. The Kier molecular flexibility index (Phi) is 8.59. The van der Waals surface area contributed by atoms with Crippen LogP contribution >= 0.6 is 11.6 Å². The fraction of sp³-hybridized carbons (Fsp3) is 0.409. The predicted octanol–water partition coefficient (Wildman–Crippen LogP) is 4.02. The average molecular weight is 469 g/mol. The molecule has 2 aromatic rings. The first-order valence-corrected chi connectivity index (χ1v) is 11.7. The van der Waals surface area contributed by atoms with Crippen molar-refractivity contribution in [2.24, 2.45) is 5.92 Å². The molecule has 0 heterocycles. The Morgan fingerprint density at radius 2 is 1.74 bits per heavy atom. The summed E-state index contributed by atoms with van der Waals surface area (Å²) in [5, 5.41) is 3.01. The molecule has 1 amide bonds. The van der Waals surface area contributed by atoms with Crippen LogP contribution in [0.5, 0.6) is 11.5 Å². The van der Waals surface area contributed by atoms with Gasteiger partial charge in [-0.3, -0.25) is 9.10 Å². The maximum absolute atomic E-state index is 13.6. The fourth-order valence-corrected chi connectivity index (χ4v) is 4.82. The van der Waals surface area contributed by atoms with E-state index in [1.165, 1.54) is 26.4 Å². The van der Waals surface area contributed by atoms with Crippen LogP contribution in [-0.2, 0) is 14.8 Å². The minimum Gasteiger partial charge on any atom is -0.495 e. The van der Waals surface area contributed by atoms with Crippen molar-refractivity contribution in [3.8, 4) is 11.5 Å². The SMILES string of the molecule is COc1ccc(N(CC(=O)NCCC(C)C)S(=O)(=O)c2cc(C)ccc2OC)cc1Cl. The first-order chi connectivity index (χ1) is 14.6. The molecule has 7 nitrogen and oxygen atoms in total. The number of sulfonamides is 1. The van der Waals surface area contributed by atoms with E-state index in [1.807, 2.05) is 13.8 Å². The number of aryl methyl sites for hydroxylation is 1. The lowest BCUT2D eigenvalue weighted by Crippen LogP contribution is -2.41. The quantitative estimate of drug-likeness (QED) is 0.569. The lowest BCUT2D eigenvalue weighted by Gasteiger charge is -2.25. The second kappa shape index (κ2) is 10.7. The molecule has 0 bridgehead atoms. The van der Waals surface area contributed by atoms with Crippen LogP contribution in [-0.4, -0.2) is 41.6 Å².